The lowest BCUT2D eigenvalue weighted by atomic mass is 10.1. The van der Waals surface area contributed by atoms with E-state index in [2.05, 4.69) is 9.80 Å². The number of likely N-dealkylation sites (tertiary alicyclic amines) is 2. The summed E-state index contributed by atoms with van der Waals surface area (Å²) in [7, 11) is 1.81. The third-order valence-corrected chi connectivity index (χ3v) is 5.11. The van der Waals surface area contributed by atoms with Crippen LogP contribution in [0.5, 0.6) is 0 Å². The van der Waals surface area contributed by atoms with Gasteiger partial charge in [-0.25, -0.2) is 0 Å². The molecule has 1 aromatic rings. The van der Waals surface area contributed by atoms with Crippen LogP contribution in [-0.4, -0.2) is 61.1 Å². The van der Waals surface area contributed by atoms with Crippen LogP contribution in [0.25, 0.3) is 0 Å². The van der Waals surface area contributed by atoms with Crippen molar-refractivity contribution in [3.8, 4) is 0 Å². The SMILES string of the molecule is CO[C@H]1C[C@@H](CN2CCCC2)N(Cc2ccc(C(N)=O)cc2)C1. The van der Waals surface area contributed by atoms with Gasteiger partial charge in [-0.1, -0.05) is 12.1 Å². The van der Waals surface area contributed by atoms with Gasteiger partial charge in [0.05, 0.1) is 6.10 Å². The van der Waals surface area contributed by atoms with Gasteiger partial charge in [-0.15, -0.1) is 0 Å². The van der Waals surface area contributed by atoms with Gasteiger partial charge in [-0.3, -0.25) is 9.69 Å². The first-order chi connectivity index (χ1) is 11.2. The van der Waals surface area contributed by atoms with Gasteiger partial charge in [0.2, 0.25) is 5.91 Å². The minimum absolute atomic E-state index is 0.326. The highest BCUT2D eigenvalue weighted by Crippen LogP contribution is 2.24. The standard InChI is InChI=1S/C18H27N3O2/c1-23-17-10-16(12-20-8-2-3-9-20)21(13-17)11-14-4-6-15(7-5-14)18(19)22/h4-7,16-17H,2-3,8-13H2,1H3,(H2,19,22)/t16-,17-/m0/s1. The minimum atomic E-state index is -0.371. The summed E-state index contributed by atoms with van der Waals surface area (Å²) in [6.07, 6.45) is 4.09. The molecule has 2 heterocycles. The second kappa shape index (κ2) is 7.43. The number of rotatable bonds is 6. The first-order valence-corrected chi connectivity index (χ1v) is 8.53. The average Bonchev–Trinajstić information content (AvgIpc) is 3.18. The summed E-state index contributed by atoms with van der Waals surface area (Å²) < 4.78 is 5.60. The van der Waals surface area contributed by atoms with Gasteiger partial charge in [-0.05, 0) is 50.0 Å². The molecule has 2 aliphatic heterocycles. The topological polar surface area (TPSA) is 58.8 Å². The Balaban J connectivity index is 1.64. The van der Waals surface area contributed by atoms with Crippen LogP contribution in [0.3, 0.4) is 0 Å². The number of amides is 1. The molecule has 23 heavy (non-hydrogen) atoms. The van der Waals surface area contributed by atoms with Gasteiger partial charge in [0.25, 0.3) is 0 Å². The van der Waals surface area contributed by atoms with Crippen molar-refractivity contribution in [2.24, 2.45) is 5.73 Å². The molecule has 2 aliphatic rings. The maximum absolute atomic E-state index is 11.2. The Hall–Kier alpha value is -1.43. The van der Waals surface area contributed by atoms with Gasteiger partial charge in [0.1, 0.15) is 0 Å². The summed E-state index contributed by atoms with van der Waals surface area (Å²) in [5.74, 6) is -0.371. The number of carbonyl (C=O) groups is 1. The number of nitrogens with two attached hydrogens (primary N) is 1. The number of carbonyl (C=O) groups excluding carboxylic acids is 1. The number of primary amides is 1. The van der Waals surface area contributed by atoms with Crippen LogP contribution in [0, 0.1) is 0 Å². The molecule has 3 rings (SSSR count). The number of ether oxygens (including phenoxy) is 1. The summed E-state index contributed by atoms with van der Waals surface area (Å²) in [5.41, 5.74) is 7.09. The van der Waals surface area contributed by atoms with Crippen molar-refractivity contribution >= 4 is 5.91 Å². The minimum Gasteiger partial charge on any atom is -0.380 e. The molecule has 5 nitrogen and oxygen atoms in total. The lowest BCUT2D eigenvalue weighted by Gasteiger charge is -2.28. The molecule has 2 atom stereocenters. The van der Waals surface area contributed by atoms with Gasteiger partial charge in [0.15, 0.2) is 0 Å². The van der Waals surface area contributed by atoms with E-state index in [4.69, 9.17) is 10.5 Å². The third kappa shape index (κ3) is 4.10. The van der Waals surface area contributed by atoms with Crippen LogP contribution >= 0.6 is 0 Å². The fourth-order valence-electron chi connectivity index (χ4n) is 3.76. The molecule has 0 aromatic heterocycles. The molecular formula is C18H27N3O2. The molecule has 5 heteroatoms. The molecule has 0 aliphatic carbocycles. The molecule has 2 saturated heterocycles. The maximum Gasteiger partial charge on any atom is 0.248 e. The van der Waals surface area contributed by atoms with E-state index in [1.54, 1.807) is 0 Å². The molecule has 0 radical (unpaired) electrons. The Morgan fingerprint density at radius 2 is 1.96 bits per heavy atom. The van der Waals surface area contributed by atoms with Crippen LogP contribution in [0.2, 0.25) is 0 Å². The molecule has 1 amide bonds. The predicted molar refractivity (Wildman–Crippen MR) is 90.2 cm³/mol. The van der Waals surface area contributed by atoms with Gasteiger partial charge in [0, 0.05) is 38.3 Å². The van der Waals surface area contributed by atoms with E-state index in [9.17, 15) is 4.79 Å². The molecule has 0 spiro atoms. The molecule has 0 unspecified atom stereocenters. The van der Waals surface area contributed by atoms with Crippen LogP contribution in [-0.2, 0) is 11.3 Å². The van der Waals surface area contributed by atoms with Crippen molar-refractivity contribution in [2.75, 3.05) is 33.3 Å². The number of benzene rings is 1. The first-order valence-electron chi connectivity index (χ1n) is 8.53. The predicted octanol–water partition coefficient (Wildman–Crippen LogP) is 1.47. The van der Waals surface area contributed by atoms with E-state index in [0.29, 0.717) is 17.7 Å². The second-order valence-electron chi connectivity index (χ2n) is 6.75. The van der Waals surface area contributed by atoms with E-state index in [1.165, 1.54) is 31.5 Å². The highest BCUT2D eigenvalue weighted by atomic mass is 16.5. The van der Waals surface area contributed by atoms with E-state index in [1.807, 2.05) is 31.4 Å². The third-order valence-electron chi connectivity index (χ3n) is 5.11. The molecule has 1 aromatic carbocycles. The van der Waals surface area contributed by atoms with Crippen LogP contribution in [0.4, 0.5) is 0 Å². The van der Waals surface area contributed by atoms with Crippen molar-refractivity contribution in [3.05, 3.63) is 35.4 Å². The summed E-state index contributed by atoms with van der Waals surface area (Å²) in [5, 5.41) is 0. The average molecular weight is 317 g/mol. The van der Waals surface area contributed by atoms with Gasteiger partial charge >= 0.3 is 0 Å². The monoisotopic (exact) mass is 317 g/mol. The van der Waals surface area contributed by atoms with Gasteiger partial charge < -0.3 is 15.4 Å². The fraction of sp³-hybridized carbons (Fsp3) is 0.611. The maximum atomic E-state index is 11.2. The van der Waals surface area contributed by atoms with Crippen molar-refractivity contribution in [1.29, 1.82) is 0 Å². The fourth-order valence-corrected chi connectivity index (χ4v) is 3.76. The number of nitrogens with zero attached hydrogens (tertiary/aromatic N) is 2. The van der Waals surface area contributed by atoms with Crippen LogP contribution in [0.1, 0.15) is 35.2 Å². The largest absolute Gasteiger partial charge is 0.380 e. The van der Waals surface area contributed by atoms with Gasteiger partial charge in [-0.2, -0.15) is 0 Å². The summed E-state index contributed by atoms with van der Waals surface area (Å²) in [6.45, 7) is 5.48. The lowest BCUT2D eigenvalue weighted by Crippen LogP contribution is -2.38. The summed E-state index contributed by atoms with van der Waals surface area (Å²) in [6, 6.07) is 8.20. The first kappa shape index (κ1) is 16.4. The summed E-state index contributed by atoms with van der Waals surface area (Å²) in [4.78, 5) is 16.3. The van der Waals surface area contributed by atoms with E-state index >= 15 is 0 Å². The van der Waals surface area contributed by atoms with Crippen molar-refractivity contribution in [2.45, 2.75) is 38.0 Å². The Labute approximate surface area is 138 Å². The van der Waals surface area contributed by atoms with E-state index < -0.39 is 0 Å². The second-order valence-corrected chi connectivity index (χ2v) is 6.75. The number of methoxy groups -OCH3 is 1. The van der Waals surface area contributed by atoms with Crippen molar-refractivity contribution in [3.63, 3.8) is 0 Å². The van der Waals surface area contributed by atoms with Crippen LogP contribution in [0.15, 0.2) is 24.3 Å². The normalized spacial score (nSPS) is 26.0. The van der Waals surface area contributed by atoms with Crippen molar-refractivity contribution in [1.82, 2.24) is 9.80 Å². The zero-order valence-electron chi connectivity index (χ0n) is 13.9. The zero-order valence-corrected chi connectivity index (χ0v) is 13.9. The Kier molecular flexibility index (Phi) is 5.30. The highest BCUT2D eigenvalue weighted by molar-refractivity contribution is 5.92. The molecule has 2 fully saturated rings. The van der Waals surface area contributed by atoms with E-state index in [-0.39, 0.29) is 5.91 Å². The summed E-state index contributed by atoms with van der Waals surface area (Å²) >= 11 is 0. The number of hydrogen-bond donors (Lipinski definition) is 1. The van der Waals surface area contributed by atoms with Crippen LogP contribution < -0.4 is 5.73 Å². The molecule has 2 N–H and O–H groups in total. The Morgan fingerprint density at radius 3 is 2.57 bits per heavy atom. The van der Waals surface area contributed by atoms with Crippen molar-refractivity contribution < 1.29 is 9.53 Å². The molecule has 0 bridgehead atoms. The quantitative estimate of drug-likeness (QED) is 0.863. The molecular weight excluding hydrogens is 290 g/mol. The number of hydrogen-bond acceptors (Lipinski definition) is 4. The molecule has 0 saturated carbocycles. The molecule has 126 valence electrons. The van der Waals surface area contributed by atoms with E-state index in [0.717, 1.165) is 26.1 Å². The highest BCUT2D eigenvalue weighted by Gasteiger charge is 2.33. The Bertz CT molecular complexity index is 526. The smallest absolute Gasteiger partial charge is 0.248 e. The Morgan fingerprint density at radius 1 is 1.26 bits per heavy atom. The zero-order chi connectivity index (χ0) is 16.2. The lowest BCUT2D eigenvalue weighted by molar-refractivity contribution is 0.1000.